The number of benzene rings is 2. The number of rotatable bonds is 6. The van der Waals surface area contributed by atoms with Crippen LogP contribution >= 0.6 is 0 Å². The highest BCUT2D eigenvalue weighted by Gasteiger charge is 2.46. The van der Waals surface area contributed by atoms with Crippen molar-refractivity contribution >= 4 is 5.91 Å². The topological polar surface area (TPSA) is 58.6 Å². The zero-order valence-electron chi connectivity index (χ0n) is 20.7. The zero-order valence-corrected chi connectivity index (χ0v) is 20.7. The van der Waals surface area contributed by atoms with Gasteiger partial charge in [0, 0.05) is 18.3 Å². The number of carbonyl (C=O) groups is 1. The summed E-state index contributed by atoms with van der Waals surface area (Å²) >= 11 is 0. The van der Waals surface area contributed by atoms with Crippen LogP contribution in [0.4, 0.5) is 0 Å². The van der Waals surface area contributed by atoms with E-state index in [1.807, 2.05) is 42.6 Å². The standard InChI is InChI=1S/C29H34N4O2/c1-32-19-15-29(16-20-32,21-22-7-4-3-5-8-22)28(34)33-18-6-9-26(33)25-14-17-30-27(31-25)23-10-12-24(35-2)13-11-23/h3-5,7-8,10-14,17,26H,6,9,15-16,18-21H2,1-2H3/t26-/m1/s1. The second-order valence-corrected chi connectivity index (χ2v) is 9.94. The molecule has 6 nitrogen and oxygen atoms in total. The van der Waals surface area contributed by atoms with Crippen LogP contribution in [0.3, 0.4) is 0 Å². The van der Waals surface area contributed by atoms with Crippen LogP contribution in [0.25, 0.3) is 11.4 Å². The quantitative estimate of drug-likeness (QED) is 0.519. The van der Waals surface area contributed by atoms with Crippen LogP contribution in [0, 0.1) is 5.41 Å². The molecule has 2 aromatic carbocycles. The second-order valence-electron chi connectivity index (χ2n) is 9.94. The third-order valence-electron chi connectivity index (χ3n) is 7.66. The van der Waals surface area contributed by atoms with Gasteiger partial charge in [-0.05, 0) is 88.1 Å². The Hall–Kier alpha value is -3.25. The molecule has 0 aliphatic carbocycles. The summed E-state index contributed by atoms with van der Waals surface area (Å²) in [7, 11) is 3.81. The van der Waals surface area contributed by atoms with Gasteiger partial charge in [-0.2, -0.15) is 0 Å². The third-order valence-corrected chi connectivity index (χ3v) is 7.66. The van der Waals surface area contributed by atoms with E-state index >= 15 is 0 Å². The molecule has 0 bridgehead atoms. The lowest BCUT2D eigenvalue weighted by Gasteiger charge is -2.43. The van der Waals surface area contributed by atoms with E-state index in [1.54, 1.807) is 7.11 Å². The molecule has 182 valence electrons. The molecule has 0 spiro atoms. The van der Waals surface area contributed by atoms with Gasteiger partial charge in [-0.15, -0.1) is 0 Å². The number of piperidine rings is 1. The van der Waals surface area contributed by atoms with Crippen LogP contribution in [0.2, 0.25) is 0 Å². The Bertz CT molecular complexity index is 1140. The minimum Gasteiger partial charge on any atom is -0.497 e. The summed E-state index contributed by atoms with van der Waals surface area (Å²) in [6.45, 7) is 2.69. The van der Waals surface area contributed by atoms with E-state index in [0.29, 0.717) is 11.7 Å². The molecule has 1 aromatic heterocycles. The molecule has 3 heterocycles. The van der Waals surface area contributed by atoms with Crippen LogP contribution in [-0.4, -0.2) is 59.5 Å². The van der Waals surface area contributed by atoms with Gasteiger partial charge in [-0.3, -0.25) is 4.79 Å². The first kappa shape index (κ1) is 23.5. The summed E-state index contributed by atoms with van der Waals surface area (Å²) in [6, 6.07) is 20.3. The normalized spacial score (nSPS) is 20.1. The van der Waals surface area contributed by atoms with Crippen LogP contribution in [0.5, 0.6) is 5.75 Å². The van der Waals surface area contributed by atoms with Gasteiger partial charge >= 0.3 is 0 Å². The maximum absolute atomic E-state index is 14.3. The van der Waals surface area contributed by atoms with Crippen LogP contribution in [0.1, 0.15) is 43.0 Å². The maximum atomic E-state index is 14.3. The van der Waals surface area contributed by atoms with Gasteiger partial charge in [-0.1, -0.05) is 30.3 Å². The summed E-state index contributed by atoms with van der Waals surface area (Å²) in [6.07, 6.45) is 6.33. The highest BCUT2D eigenvalue weighted by atomic mass is 16.5. The number of methoxy groups -OCH3 is 1. The Kier molecular flexibility index (Phi) is 6.82. The molecule has 2 aliphatic rings. The number of amides is 1. The second kappa shape index (κ2) is 10.2. The van der Waals surface area contributed by atoms with E-state index in [1.165, 1.54) is 5.56 Å². The fourth-order valence-electron chi connectivity index (χ4n) is 5.56. The fraction of sp³-hybridized carbons (Fsp3) is 0.414. The molecule has 2 aliphatic heterocycles. The Balaban J connectivity index is 1.42. The van der Waals surface area contributed by atoms with Gasteiger partial charge in [0.05, 0.1) is 24.3 Å². The molecule has 5 rings (SSSR count). The first-order valence-electron chi connectivity index (χ1n) is 12.6. The number of hydrogen-bond acceptors (Lipinski definition) is 5. The maximum Gasteiger partial charge on any atom is 0.229 e. The van der Waals surface area contributed by atoms with Crippen molar-refractivity contribution in [3.8, 4) is 17.1 Å². The van der Waals surface area contributed by atoms with Crippen molar-refractivity contribution in [2.45, 2.75) is 38.1 Å². The van der Waals surface area contributed by atoms with E-state index in [-0.39, 0.29) is 11.5 Å². The van der Waals surface area contributed by atoms with Gasteiger partial charge in [0.1, 0.15) is 5.75 Å². The highest BCUT2D eigenvalue weighted by Crippen LogP contribution is 2.42. The number of ether oxygens (including phenoxy) is 1. The lowest BCUT2D eigenvalue weighted by atomic mass is 9.72. The molecule has 1 atom stereocenters. The number of carbonyl (C=O) groups excluding carboxylic acids is 1. The Labute approximate surface area is 208 Å². The number of likely N-dealkylation sites (tertiary alicyclic amines) is 2. The van der Waals surface area contributed by atoms with Crippen molar-refractivity contribution in [1.82, 2.24) is 19.8 Å². The highest BCUT2D eigenvalue weighted by molar-refractivity contribution is 5.84. The molecular formula is C29H34N4O2. The fourth-order valence-corrected chi connectivity index (χ4v) is 5.56. The molecule has 0 radical (unpaired) electrons. The van der Waals surface area contributed by atoms with E-state index in [0.717, 1.165) is 68.7 Å². The van der Waals surface area contributed by atoms with Crippen LogP contribution < -0.4 is 4.74 Å². The monoisotopic (exact) mass is 470 g/mol. The lowest BCUT2D eigenvalue weighted by molar-refractivity contribution is -0.146. The predicted molar refractivity (Wildman–Crippen MR) is 137 cm³/mol. The van der Waals surface area contributed by atoms with Gasteiger partial charge in [0.2, 0.25) is 5.91 Å². The Morgan fingerprint density at radius 2 is 1.77 bits per heavy atom. The number of nitrogens with zero attached hydrogens (tertiary/aromatic N) is 4. The van der Waals surface area contributed by atoms with Crippen molar-refractivity contribution in [1.29, 1.82) is 0 Å². The van der Waals surface area contributed by atoms with E-state index in [9.17, 15) is 4.79 Å². The van der Waals surface area contributed by atoms with E-state index < -0.39 is 0 Å². The summed E-state index contributed by atoms with van der Waals surface area (Å²) < 4.78 is 5.28. The summed E-state index contributed by atoms with van der Waals surface area (Å²) in [5.41, 5.74) is 2.76. The molecular weight excluding hydrogens is 436 g/mol. The molecule has 0 unspecified atom stereocenters. The van der Waals surface area contributed by atoms with E-state index in [4.69, 9.17) is 9.72 Å². The number of hydrogen-bond donors (Lipinski definition) is 0. The molecule has 3 aromatic rings. The van der Waals surface area contributed by atoms with Crippen molar-refractivity contribution in [2.75, 3.05) is 33.8 Å². The molecule has 2 saturated heterocycles. The van der Waals surface area contributed by atoms with Gasteiger partial charge in [-0.25, -0.2) is 9.97 Å². The molecule has 35 heavy (non-hydrogen) atoms. The summed E-state index contributed by atoms with van der Waals surface area (Å²) in [5.74, 6) is 1.78. The minimum atomic E-state index is -0.359. The smallest absolute Gasteiger partial charge is 0.229 e. The lowest BCUT2D eigenvalue weighted by Crippen LogP contribution is -2.50. The molecule has 2 fully saturated rings. The SMILES string of the molecule is COc1ccc(-c2nccc([C@H]3CCCN3C(=O)C3(Cc4ccccc4)CCN(C)CC3)n2)cc1. The molecule has 0 N–H and O–H groups in total. The molecule has 0 saturated carbocycles. The largest absolute Gasteiger partial charge is 0.497 e. The number of aromatic nitrogens is 2. The van der Waals surface area contributed by atoms with Gasteiger partial charge in [0.15, 0.2) is 5.82 Å². The van der Waals surface area contributed by atoms with E-state index in [2.05, 4.69) is 46.1 Å². The summed E-state index contributed by atoms with van der Waals surface area (Å²) in [5, 5.41) is 0. The first-order chi connectivity index (χ1) is 17.1. The Morgan fingerprint density at radius 3 is 2.49 bits per heavy atom. The van der Waals surface area contributed by atoms with Crippen LogP contribution in [-0.2, 0) is 11.2 Å². The zero-order chi connectivity index (χ0) is 24.3. The molecule has 1 amide bonds. The van der Waals surface area contributed by atoms with Gasteiger partial charge < -0.3 is 14.5 Å². The van der Waals surface area contributed by atoms with Crippen molar-refractivity contribution < 1.29 is 9.53 Å². The van der Waals surface area contributed by atoms with Crippen molar-refractivity contribution in [2.24, 2.45) is 5.41 Å². The average molecular weight is 471 g/mol. The first-order valence-corrected chi connectivity index (χ1v) is 12.6. The molecule has 6 heteroatoms. The third kappa shape index (κ3) is 4.94. The summed E-state index contributed by atoms with van der Waals surface area (Å²) in [4.78, 5) is 28.2. The van der Waals surface area contributed by atoms with Crippen molar-refractivity contribution in [3.63, 3.8) is 0 Å². The Morgan fingerprint density at radius 1 is 1.03 bits per heavy atom. The van der Waals surface area contributed by atoms with Gasteiger partial charge in [0.25, 0.3) is 0 Å². The predicted octanol–water partition coefficient (Wildman–Crippen LogP) is 4.77. The average Bonchev–Trinajstić information content (AvgIpc) is 3.40. The minimum absolute atomic E-state index is 0.00481. The van der Waals surface area contributed by atoms with Crippen LogP contribution in [0.15, 0.2) is 66.9 Å². The van der Waals surface area contributed by atoms with Crippen molar-refractivity contribution in [3.05, 3.63) is 78.1 Å².